The molecular formula is C24H21NO2. The van der Waals surface area contributed by atoms with Gasteiger partial charge in [-0.25, -0.2) is 0 Å². The Balaban J connectivity index is 1.92. The van der Waals surface area contributed by atoms with Gasteiger partial charge in [-0.1, -0.05) is 36.4 Å². The van der Waals surface area contributed by atoms with Crippen LogP contribution >= 0.6 is 0 Å². The number of ether oxygens (including phenoxy) is 1. The van der Waals surface area contributed by atoms with Crippen molar-refractivity contribution in [3.63, 3.8) is 0 Å². The number of aryl methyl sites for hydroxylation is 1. The molecule has 4 aromatic rings. The number of para-hydroxylation sites is 1. The topological polar surface area (TPSA) is 31.2 Å². The smallest absolute Gasteiger partial charge is 0.143 e. The van der Waals surface area contributed by atoms with Crippen LogP contribution < -0.4 is 4.74 Å². The molecule has 3 aromatic carbocycles. The Morgan fingerprint density at radius 3 is 2.33 bits per heavy atom. The maximum atomic E-state index is 11.3. The first-order valence-electron chi connectivity index (χ1n) is 9.08. The van der Waals surface area contributed by atoms with Gasteiger partial charge in [0.15, 0.2) is 0 Å². The highest BCUT2D eigenvalue weighted by Gasteiger charge is 2.12. The number of carbonyl (C=O) groups excluding carboxylic acids is 1. The van der Waals surface area contributed by atoms with E-state index in [-0.39, 0.29) is 0 Å². The summed E-state index contributed by atoms with van der Waals surface area (Å²) in [6.45, 7) is 3.08. The molecule has 1 heterocycles. The molecule has 0 spiro atoms. The molecule has 0 radical (unpaired) electrons. The molecule has 0 unspecified atom stereocenters. The molecule has 0 aliphatic heterocycles. The van der Waals surface area contributed by atoms with Crippen LogP contribution in [0.2, 0.25) is 0 Å². The second-order valence-corrected chi connectivity index (χ2v) is 6.44. The van der Waals surface area contributed by atoms with Gasteiger partial charge in [0.05, 0.1) is 7.11 Å². The Labute approximate surface area is 158 Å². The van der Waals surface area contributed by atoms with E-state index in [1.165, 1.54) is 21.8 Å². The number of carbonyl (C=O) groups is 1. The van der Waals surface area contributed by atoms with E-state index in [2.05, 4.69) is 54.0 Å². The first-order valence-corrected chi connectivity index (χ1v) is 9.08. The van der Waals surface area contributed by atoms with Crippen molar-refractivity contribution in [3.05, 3.63) is 83.9 Å². The lowest BCUT2D eigenvalue weighted by Crippen LogP contribution is -1.93. The molecule has 0 amide bonds. The standard InChI is InChI=1S/C24H21NO2/c1-3-25-23-7-5-4-6-21(23)22-16-18(10-13-24(22)25)20(14-15-26)17-8-11-19(27-2)12-9-17/h4-16H,3H2,1-2H3. The Hall–Kier alpha value is -3.33. The summed E-state index contributed by atoms with van der Waals surface area (Å²) in [6, 6.07) is 22.7. The van der Waals surface area contributed by atoms with Gasteiger partial charge in [0.2, 0.25) is 0 Å². The first-order chi connectivity index (χ1) is 13.3. The number of aromatic nitrogens is 1. The summed E-state index contributed by atoms with van der Waals surface area (Å²) in [5, 5.41) is 2.44. The van der Waals surface area contributed by atoms with Crippen LogP contribution in [0.4, 0.5) is 0 Å². The van der Waals surface area contributed by atoms with Gasteiger partial charge in [-0.2, -0.15) is 0 Å². The molecule has 0 N–H and O–H groups in total. The number of fused-ring (bicyclic) bond motifs is 3. The molecular weight excluding hydrogens is 334 g/mol. The van der Waals surface area contributed by atoms with E-state index in [0.717, 1.165) is 35.3 Å². The van der Waals surface area contributed by atoms with Crippen LogP contribution in [-0.4, -0.2) is 18.0 Å². The fourth-order valence-corrected chi connectivity index (χ4v) is 3.76. The van der Waals surface area contributed by atoms with E-state index in [4.69, 9.17) is 4.74 Å². The van der Waals surface area contributed by atoms with E-state index in [1.54, 1.807) is 13.2 Å². The molecule has 0 saturated heterocycles. The molecule has 27 heavy (non-hydrogen) atoms. The number of methoxy groups -OCH3 is 1. The van der Waals surface area contributed by atoms with Gasteiger partial charge in [0.25, 0.3) is 0 Å². The van der Waals surface area contributed by atoms with Crippen LogP contribution in [-0.2, 0) is 11.3 Å². The van der Waals surface area contributed by atoms with E-state index < -0.39 is 0 Å². The molecule has 0 fully saturated rings. The quantitative estimate of drug-likeness (QED) is 0.352. The Morgan fingerprint density at radius 2 is 1.63 bits per heavy atom. The van der Waals surface area contributed by atoms with Crippen molar-refractivity contribution in [2.45, 2.75) is 13.5 Å². The number of hydrogen-bond acceptors (Lipinski definition) is 2. The van der Waals surface area contributed by atoms with Crippen molar-refractivity contribution >= 4 is 33.7 Å². The minimum absolute atomic E-state index is 0.797. The number of aldehydes is 1. The van der Waals surface area contributed by atoms with E-state index in [1.807, 2.05) is 24.3 Å². The monoisotopic (exact) mass is 355 g/mol. The first kappa shape index (κ1) is 17.1. The minimum atomic E-state index is 0.797. The van der Waals surface area contributed by atoms with Gasteiger partial charge >= 0.3 is 0 Å². The molecule has 0 bridgehead atoms. The Morgan fingerprint density at radius 1 is 0.926 bits per heavy atom. The third-order valence-electron chi connectivity index (χ3n) is 5.04. The van der Waals surface area contributed by atoms with E-state index in [0.29, 0.717) is 0 Å². The van der Waals surface area contributed by atoms with Gasteiger partial charge in [-0.15, -0.1) is 0 Å². The summed E-state index contributed by atoms with van der Waals surface area (Å²) in [5.41, 5.74) is 5.36. The lowest BCUT2D eigenvalue weighted by molar-refractivity contribution is -0.104. The maximum absolute atomic E-state index is 11.3. The van der Waals surface area contributed by atoms with Crippen molar-refractivity contribution in [2.75, 3.05) is 7.11 Å². The normalized spacial score (nSPS) is 11.9. The third-order valence-corrected chi connectivity index (χ3v) is 5.04. The number of rotatable bonds is 5. The van der Waals surface area contributed by atoms with Gasteiger partial charge in [0.1, 0.15) is 12.0 Å². The second-order valence-electron chi connectivity index (χ2n) is 6.44. The van der Waals surface area contributed by atoms with Crippen LogP contribution in [0.1, 0.15) is 18.1 Å². The summed E-state index contributed by atoms with van der Waals surface area (Å²) >= 11 is 0. The number of benzene rings is 3. The van der Waals surface area contributed by atoms with E-state index >= 15 is 0 Å². The molecule has 0 atom stereocenters. The highest BCUT2D eigenvalue weighted by Crippen LogP contribution is 2.33. The van der Waals surface area contributed by atoms with Crippen LogP contribution in [0.3, 0.4) is 0 Å². The predicted molar refractivity (Wildman–Crippen MR) is 111 cm³/mol. The zero-order chi connectivity index (χ0) is 18.8. The average Bonchev–Trinajstić information content (AvgIpc) is 3.05. The van der Waals surface area contributed by atoms with Crippen molar-refractivity contribution in [1.29, 1.82) is 0 Å². The fourth-order valence-electron chi connectivity index (χ4n) is 3.76. The van der Waals surface area contributed by atoms with Crippen molar-refractivity contribution < 1.29 is 9.53 Å². The molecule has 0 aliphatic rings. The van der Waals surface area contributed by atoms with Crippen LogP contribution in [0.5, 0.6) is 5.75 Å². The highest BCUT2D eigenvalue weighted by atomic mass is 16.5. The summed E-state index contributed by atoms with van der Waals surface area (Å²) < 4.78 is 7.57. The van der Waals surface area contributed by atoms with Crippen LogP contribution in [0, 0.1) is 0 Å². The third kappa shape index (κ3) is 2.91. The fraction of sp³-hybridized carbons (Fsp3) is 0.125. The van der Waals surface area contributed by atoms with Gasteiger partial charge in [0, 0.05) is 28.4 Å². The van der Waals surface area contributed by atoms with Crippen molar-refractivity contribution in [1.82, 2.24) is 4.57 Å². The lowest BCUT2D eigenvalue weighted by Gasteiger charge is -2.10. The zero-order valence-electron chi connectivity index (χ0n) is 15.5. The number of hydrogen-bond donors (Lipinski definition) is 0. The molecule has 134 valence electrons. The highest BCUT2D eigenvalue weighted by molar-refractivity contribution is 6.09. The summed E-state index contributed by atoms with van der Waals surface area (Å²) in [7, 11) is 1.65. The summed E-state index contributed by atoms with van der Waals surface area (Å²) in [6.07, 6.45) is 2.47. The van der Waals surface area contributed by atoms with Crippen LogP contribution in [0.15, 0.2) is 72.8 Å². The largest absolute Gasteiger partial charge is 0.497 e. The van der Waals surface area contributed by atoms with Gasteiger partial charge in [-0.05, 0) is 60.0 Å². The Kier molecular flexibility index (Phi) is 4.51. The predicted octanol–water partition coefficient (Wildman–Crippen LogP) is 5.45. The maximum Gasteiger partial charge on any atom is 0.143 e. The lowest BCUT2D eigenvalue weighted by atomic mass is 9.96. The Bertz CT molecular complexity index is 1150. The molecule has 1 aromatic heterocycles. The van der Waals surface area contributed by atoms with Gasteiger partial charge in [-0.3, -0.25) is 4.79 Å². The SMILES string of the molecule is CCn1c2ccccc2c2cc(C(=CC=O)c3ccc(OC)cc3)ccc21. The summed E-state index contributed by atoms with van der Waals surface area (Å²) in [4.78, 5) is 11.3. The second kappa shape index (κ2) is 7.12. The molecule has 0 aliphatic carbocycles. The van der Waals surface area contributed by atoms with Crippen LogP contribution in [0.25, 0.3) is 27.4 Å². The zero-order valence-corrected chi connectivity index (χ0v) is 15.5. The minimum Gasteiger partial charge on any atom is -0.497 e. The molecule has 3 nitrogen and oxygen atoms in total. The van der Waals surface area contributed by atoms with Gasteiger partial charge < -0.3 is 9.30 Å². The summed E-state index contributed by atoms with van der Waals surface area (Å²) in [5.74, 6) is 0.797. The number of nitrogens with zero attached hydrogens (tertiary/aromatic N) is 1. The van der Waals surface area contributed by atoms with Crippen molar-refractivity contribution in [2.24, 2.45) is 0 Å². The average molecular weight is 355 g/mol. The molecule has 3 heteroatoms. The molecule has 4 rings (SSSR count). The van der Waals surface area contributed by atoms with E-state index in [9.17, 15) is 4.79 Å². The van der Waals surface area contributed by atoms with Crippen molar-refractivity contribution in [3.8, 4) is 5.75 Å². The molecule has 0 saturated carbocycles. The number of allylic oxidation sites excluding steroid dienone is 1.